The van der Waals surface area contributed by atoms with E-state index in [0.717, 1.165) is 28.4 Å². The zero-order valence-corrected chi connectivity index (χ0v) is 11.9. The van der Waals surface area contributed by atoms with E-state index in [2.05, 4.69) is 15.6 Å². The summed E-state index contributed by atoms with van der Waals surface area (Å²) in [6.07, 6.45) is 3.76. The average Bonchev–Trinajstić information content (AvgIpc) is 2.96. The van der Waals surface area contributed by atoms with Crippen LogP contribution in [0.2, 0.25) is 0 Å². The molecule has 2 N–H and O–H groups in total. The lowest BCUT2D eigenvalue weighted by molar-refractivity contribution is 0.408. The fourth-order valence-corrected chi connectivity index (χ4v) is 2.39. The van der Waals surface area contributed by atoms with Crippen LogP contribution < -0.4 is 10.5 Å². The minimum atomic E-state index is 0.703. The molecule has 2 aromatic carbocycles. The van der Waals surface area contributed by atoms with Crippen LogP contribution in [-0.4, -0.2) is 16.7 Å². The lowest BCUT2D eigenvalue weighted by Crippen LogP contribution is -2.03. The van der Waals surface area contributed by atoms with Gasteiger partial charge in [0.05, 0.1) is 13.7 Å². The average molecular weight is 279 g/mol. The number of ether oxygens (including phenoxy) is 1. The normalized spacial score (nSPS) is 10.5. The molecule has 1 aromatic heterocycles. The van der Waals surface area contributed by atoms with Crippen LogP contribution >= 0.6 is 0 Å². The fourth-order valence-electron chi connectivity index (χ4n) is 2.39. The highest BCUT2D eigenvalue weighted by Gasteiger charge is 2.09. The highest BCUT2D eigenvalue weighted by atomic mass is 16.5. The van der Waals surface area contributed by atoms with Crippen molar-refractivity contribution in [2.45, 2.75) is 6.54 Å². The lowest BCUT2D eigenvalue weighted by Gasteiger charge is -2.11. The molecule has 0 aliphatic rings. The summed E-state index contributed by atoms with van der Waals surface area (Å²) < 4.78 is 7.49. The maximum atomic E-state index is 5.86. The third kappa shape index (κ3) is 2.74. The van der Waals surface area contributed by atoms with Gasteiger partial charge >= 0.3 is 0 Å². The van der Waals surface area contributed by atoms with E-state index in [1.807, 2.05) is 48.7 Å². The van der Waals surface area contributed by atoms with Crippen LogP contribution in [-0.2, 0) is 6.54 Å². The van der Waals surface area contributed by atoms with Gasteiger partial charge in [-0.15, -0.1) is 0 Å². The van der Waals surface area contributed by atoms with Gasteiger partial charge < -0.3 is 15.0 Å². The van der Waals surface area contributed by atoms with Crippen molar-refractivity contribution in [3.8, 4) is 17.1 Å². The summed E-state index contributed by atoms with van der Waals surface area (Å²) in [5.74, 6) is 1.78. The number of para-hydroxylation sites is 1. The standard InChI is InChI=1S/C17H17N3O/c1-21-16-8-3-2-5-14(16)12-20-10-9-19-17(20)13-6-4-7-15(18)11-13/h2-11H,12,18H2,1H3. The third-order valence-electron chi connectivity index (χ3n) is 3.39. The number of nitrogens with zero attached hydrogens (tertiary/aromatic N) is 2. The van der Waals surface area contributed by atoms with Gasteiger partial charge in [-0.1, -0.05) is 30.3 Å². The summed E-state index contributed by atoms with van der Waals surface area (Å²) in [5, 5.41) is 0. The first kappa shape index (κ1) is 13.2. The molecule has 4 heteroatoms. The Morgan fingerprint density at radius 2 is 2.00 bits per heavy atom. The second-order valence-electron chi connectivity index (χ2n) is 4.82. The molecule has 3 rings (SSSR count). The van der Waals surface area contributed by atoms with Crippen molar-refractivity contribution in [2.75, 3.05) is 12.8 Å². The Kier molecular flexibility index (Phi) is 3.60. The first-order valence-corrected chi connectivity index (χ1v) is 6.77. The minimum Gasteiger partial charge on any atom is -0.496 e. The number of rotatable bonds is 4. The van der Waals surface area contributed by atoms with E-state index in [1.165, 1.54) is 0 Å². The molecule has 0 aliphatic heterocycles. The molecular formula is C17H17N3O. The summed E-state index contributed by atoms with van der Waals surface area (Å²) >= 11 is 0. The topological polar surface area (TPSA) is 53.1 Å². The fraction of sp³-hybridized carbons (Fsp3) is 0.118. The molecule has 21 heavy (non-hydrogen) atoms. The SMILES string of the molecule is COc1ccccc1Cn1ccnc1-c1cccc(N)c1. The highest BCUT2D eigenvalue weighted by molar-refractivity contribution is 5.61. The van der Waals surface area contributed by atoms with Gasteiger partial charge in [0, 0.05) is 29.2 Å². The van der Waals surface area contributed by atoms with Gasteiger partial charge in [0.25, 0.3) is 0 Å². The Morgan fingerprint density at radius 1 is 1.14 bits per heavy atom. The molecule has 0 bridgehead atoms. The van der Waals surface area contributed by atoms with Gasteiger partial charge in [0.1, 0.15) is 11.6 Å². The Bertz CT molecular complexity index is 749. The molecule has 1 heterocycles. The lowest BCUT2D eigenvalue weighted by atomic mass is 10.1. The van der Waals surface area contributed by atoms with Crippen molar-refractivity contribution in [3.63, 3.8) is 0 Å². The largest absolute Gasteiger partial charge is 0.496 e. The van der Waals surface area contributed by atoms with E-state index in [9.17, 15) is 0 Å². The molecule has 0 saturated carbocycles. The first-order valence-electron chi connectivity index (χ1n) is 6.77. The van der Waals surface area contributed by atoms with Crippen molar-refractivity contribution in [3.05, 3.63) is 66.5 Å². The zero-order valence-electron chi connectivity index (χ0n) is 11.9. The molecule has 0 radical (unpaired) electrons. The van der Waals surface area contributed by atoms with E-state index in [-0.39, 0.29) is 0 Å². The number of nitrogens with two attached hydrogens (primary N) is 1. The van der Waals surface area contributed by atoms with Gasteiger partial charge in [0.2, 0.25) is 0 Å². The number of methoxy groups -OCH3 is 1. The Balaban J connectivity index is 1.96. The third-order valence-corrected chi connectivity index (χ3v) is 3.39. The molecule has 0 spiro atoms. The number of hydrogen-bond acceptors (Lipinski definition) is 3. The summed E-state index contributed by atoms with van der Waals surface area (Å²) in [7, 11) is 1.69. The van der Waals surface area contributed by atoms with Crippen molar-refractivity contribution in [2.24, 2.45) is 0 Å². The molecule has 0 atom stereocenters. The predicted octanol–water partition coefficient (Wildman–Crippen LogP) is 3.19. The highest BCUT2D eigenvalue weighted by Crippen LogP contribution is 2.23. The molecule has 0 amide bonds. The van der Waals surface area contributed by atoms with Crippen molar-refractivity contribution in [1.82, 2.24) is 9.55 Å². The Labute approximate surface area is 123 Å². The van der Waals surface area contributed by atoms with Gasteiger partial charge in [-0.2, -0.15) is 0 Å². The monoisotopic (exact) mass is 279 g/mol. The van der Waals surface area contributed by atoms with Gasteiger partial charge in [-0.05, 0) is 18.2 Å². The maximum absolute atomic E-state index is 5.86. The summed E-state index contributed by atoms with van der Waals surface area (Å²) in [4.78, 5) is 4.45. The van der Waals surface area contributed by atoms with Gasteiger partial charge in [-0.3, -0.25) is 0 Å². The molecule has 0 fully saturated rings. The van der Waals surface area contributed by atoms with Crippen LogP contribution in [0.25, 0.3) is 11.4 Å². The molecule has 3 aromatic rings. The van der Waals surface area contributed by atoms with E-state index in [4.69, 9.17) is 10.5 Å². The first-order chi connectivity index (χ1) is 10.3. The number of anilines is 1. The van der Waals surface area contributed by atoms with Crippen molar-refractivity contribution >= 4 is 5.69 Å². The van der Waals surface area contributed by atoms with E-state index >= 15 is 0 Å². The second kappa shape index (κ2) is 5.71. The zero-order chi connectivity index (χ0) is 14.7. The molecule has 0 unspecified atom stereocenters. The van der Waals surface area contributed by atoms with Crippen LogP contribution in [0.15, 0.2) is 60.9 Å². The molecular weight excluding hydrogens is 262 g/mol. The number of aromatic nitrogens is 2. The van der Waals surface area contributed by atoms with Crippen LogP contribution in [0.4, 0.5) is 5.69 Å². The van der Waals surface area contributed by atoms with Gasteiger partial charge in [0.15, 0.2) is 0 Å². The van der Waals surface area contributed by atoms with E-state index in [0.29, 0.717) is 6.54 Å². The minimum absolute atomic E-state index is 0.703. The van der Waals surface area contributed by atoms with E-state index < -0.39 is 0 Å². The number of imidazole rings is 1. The molecule has 0 saturated heterocycles. The molecule has 0 aliphatic carbocycles. The van der Waals surface area contributed by atoms with Crippen LogP contribution in [0, 0.1) is 0 Å². The predicted molar refractivity (Wildman–Crippen MR) is 84.2 cm³/mol. The maximum Gasteiger partial charge on any atom is 0.140 e. The second-order valence-corrected chi connectivity index (χ2v) is 4.82. The number of nitrogen functional groups attached to an aromatic ring is 1. The summed E-state index contributed by atoms with van der Waals surface area (Å²) in [5.41, 5.74) is 8.71. The summed E-state index contributed by atoms with van der Waals surface area (Å²) in [6.45, 7) is 0.703. The number of hydrogen-bond donors (Lipinski definition) is 1. The van der Waals surface area contributed by atoms with Crippen LogP contribution in [0.1, 0.15) is 5.56 Å². The van der Waals surface area contributed by atoms with E-state index in [1.54, 1.807) is 13.3 Å². The molecule has 106 valence electrons. The van der Waals surface area contributed by atoms with Gasteiger partial charge in [-0.25, -0.2) is 4.98 Å². The quantitative estimate of drug-likeness (QED) is 0.746. The number of benzene rings is 2. The van der Waals surface area contributed by atoms with Crippen LogP contribution in [0.3, 0.4) is 0 Å². The Morgan fingerprint density at radius 3 is 2.81 bits per heavy atom. The summed E-state index contributed by atoms with van der Waals surface area (Å²) in [6, 6.07) is 15.8. The molecule has 4 nitrogen and oxygen atoms in total. The Hall–Kier alpha value is -2.75. The smallest absolute Gasteiger partial charge is 0.140 e. The van der Waals surface area contributed by atoms with Crippen molar-refractivity contribution in [1.29, 1.82) is 0 Å². The van der Waals surface area contributed by atoms with Crippen LogP contribution in [0.5, 0.6) is 5.75 Å². The van der Waals surface area contributed by atoms with Crippen molar-refractivity contribution < 1.29 is 4.74 Å².